The molecule has 1 fully saturated rings. The number of alkyl halides is 1. The summed E-state index contributed by atoms with van der Waals surface area (Å²) in [6, 6.07) is 0. The Morgan fingerprint density at radius 1 is 1.73 bits per heavy atom. The number of aromatic nitrogens is 2. The van der Waals surface area contributed by atoms with E-state index in [9.17, 15) is 19.4 Å². The van der Waals surface area contributed by atoms with Crippen LogP contribution in [0.1, 0.15) is 0 Å². The van der Waals surface area contributed by atoms with Gasteiger partial charge >= 0.3 is 5.69 Å². The highest BCUT2D eigenvalue weighted by Gasteiger charge is 2.60. The standard InChI is InChI=1S/C10H12F2N6O4/c11-5-1-18(8(21)16-6(5)13)10(12)4-22-9(3-19,7(10)20)2-15-17-14/h1,7,19-20H,2-4H2,(H2,13,16,21)/t7-,9-,10-/m1/s1. The lowest BCUT2D eigenvalue weighted by atomic mass is 9.93. The summed E-state index contributed by atoms with van der Waals surface area (Å²) < 4.78 is 33.7. The lowest BCUT2D eigenvalue weighted by molar-refractivity contribution is -0.101. The van der Waals surface area contributed by atoms with Crippen molar-refractivity contribution >= 4 is 5.82 Å². The third-order valence-corrected chi connectivity index (χ3v) is 3.46. The molecule has 0 aromatic carbocycles. The molecule has 0 radical (unpaired) electrons. The number of aliphatic hydroxyl groups is 2. The fourth-order valence-electron chi connectivity index (χ4n) is 2.18. The Balaban J connectivity index is 2.50. The molecule has 0 bridgehead atoms. The molecule has 1 aliphatic heterocycles. The molecule has 0 spiro atoms. The van der Waals surface area contributed by atoms with Crippen LogP contribution >= 0.6 is 0 Å². The van der Waals surface area contributed by atoms with Crippen LogP contribution in [0.2, 0.25) is 0 Å². The maximum absolute atomic E-state index is 15.0. The van der Waals surface area contributed by atoms with Crippen molar-refractivity contribution in [3.05, 3.63) is 32.9 Å². The van der Waals surface area contributed by atoms with Crippen LogP contribution in [-0.2, 0) is 10.5 Å². The lowest BCUT2D eigenvalue weighted by Crippen LogP contribution is -2.55. The minimum atomic E-state index is -2.91. The average Bonchev–Trinajstić information content (AvgIpc) is 2.75. The summed E-state index contributed by atoms with van der Waals surface area (Å²) >= 11 is 0. The smallest absolute Gasteiger partial charge is 0.352 e. The number of nitrogens with two attached hydrogens (primary N) is 1. The maximum atomic E-state index is 15.0. The van der Waals surface area contributed by atoms with Gasteiger partial charge in [-0.2, -0.15) is 4.98 Å². The SMILES string of the molecule is [N-]=[N+]=NC[C@]1(CO)OC[C@@](F)(n2cc(F)c(N)nc2=O)[C@@H]1O. The van der Waals surface area contributed by atoms with E-state index in [4.69, 9.17) is 16.0 Å². The normalized spacial score (nSPS) is 31.0. The number of hydrogen-bond acceptors (Lipinski definition) is 7. The van der Waals surface area contributed by atoms with Gasteiger partial charge in [0.1, 0.15) is 18.3 Å². The number of anilines is 1. The molecule has 1 aromatic rings. The first kappa shape index (κ1) is 16.1. The van der Waals surface area contributed by atoms with E-state index >= 15 is 4.39 Å². The van der Waals surface area contributed by atoms with Crippen LogP contribution in [0.4, 0.5) is 14.6 Å². The van der Waals surface area contributed by atoms with Crippen LogP contribution in [0.25, 0.3) is 10.4 Å². The van der Waals surface area contributed by atoms with Gasteiger partial charge in [-0.05, 0) is 5.53 Å². The monoisotopic (exact) mass is 318 g/mol. The number of ether oxygens (including phenoxy) is 1. The number of halogens is 2. The molecular weight excluding hydrogens is 306 g/mol. The van der Waals surface area contributed by atoms with Crippen LogP contribution in [0, 0.1) is 5.82 Å². The van der Waals surface area contributed by atoms with Crippen molar-refractivity contribution in [1.82, 2.24) is 9.55 Å². The second-order valence-corrected chi connectivity index (χ2v) is 4.75. The van der Waals surface area contributed by atoms with E-state index in [0.717, 1.165) is 0 Å². The van der Waals surface area contributed by atoms with Crippen LogP contribution in [0.3, 0.4) is 0 Å². The summed E-state index contributed by atoms with van der Waals surface area (Å²) in [7, 11) is 0. The van der Waals surface area contributed by atoms with Crippen molar-refractivity contribution in [3.63, 3.8) is 0 Å². The van der Waals surface area contributed by atoms with Gasteiger partial charge in [-0.1, -0.05) is 5.11 Å². The van der Waals surface area contributed by atoms with Crippen molar-refractivity contribution < 1.29 is 23.7 Å². The molecule has 1 aromatic heterocycles. The van der Waals surface area contributed by atoms with Crippen molar-refractivity contribution in [2.75, 3.05) is 25.5 Å². The number of rotatable bonds is 4. The molecule has 22 heavy (non-hydrogen) atoms. The van der Waals surface area contributed by atoms with E-state index in [2.05, 4.69) is 15.0 Å². The molecule has 0 saturated carbocycles. The Hall–Kier alpha value is -2.27. The van der Waals surface area contributed by atoms with Crippen molar-refractivity contribution in [1.29, 1.82) is 0 Å². The van der Waals surface area contributed by atoms with Crippen LogP contribution < -0.4 is 11.4 Å². The predicted octanol–water partition coefficient (Wildman–Crippen LogP) is -0.981. The molecule has 0 aliphatic carbocycles. The third kappa shape index (κ3) is 2.27. The highest BCUT2D eigenvalue weighted by molar-refractivity contribution is 5.27. The Morgan fingerprint density at radius 2 is 2.41 bits per heavy atom. The summed E-state index contributed by atoms with van der Waals surface area (Å²) in [5.41, 5.74) is 10.2. The van der Waals surface area contributed by atoms with Gasteiger partial charge < -0.3 is 20.7 Å². The van der Waals surface area contributed by atoms with E-state index in [1.165, 1.54) is 0 Å². The quantitative estimate of drug-likeness (QED) is 0.367. The topological polar surface area (TPSA) is 159 Å². The largest absolute Gasteiger partial charge is 0.393 e. The van der Waals surface area contributed by atoms with Gasteiger partial charge in [0.2, 0.25) is 5.79 Å². The highest BCUT2D eigenvalue weighted by atomic mass is 19.1. The summed E-state index contributed by atoms with van der Waals surface area (Å²) in [5, 5.41) is 22.6. The highest BCUT2D eigenvalue weighted by Crippen LogP contribution is 2.39. The number of aliphatic hydroxyl groups excluding tert-OH is 2. The zero-order valence-electron chi connectivity index (χ0n) is 11.1. The molecule has 2 heterocycles. The Labute approximate surface area is 121 Å². The number of azide groups is 1. The van der Waals surface area contributed by atoms with E-state index in [-0.39, 0.29) is 4.57 Å². The van der Waals surface area contributed by atoms with E-state index in [1.54, 1.807) is 0 Å². The molecule has 1 saturated heterocycles. The van der Waals surface area contributed by atoms with Crippen LogP contribution in [0.5, 0.6) is 0 Å². The summed E-state index contributed by atoms with van der Waals surface area (Å²) in [4.78, 5) is 17.2. The number of nitrogens with zero attached hydrogens (tertiary/aromatic N) is 5. The Morgan fingerprint density at radius 3 is 3.00 bits per heavy atom. The first-order valence-corrected chi connectivity index (χ1v) is 5.98. The van der Waals surface area contributed by atoms with Gasteiger partial charge in [-0.25, -0.2) is 13.6 Å². The maximum Gasteiger partial charge on any atom is 0.352 e. The average molecular weight is 318 g/mol. The van der Waals surface area contributed by atoms with Gasteiger partial charge in [-0.3, -0.25) is 4.57 Å². The van der Waals surface area contributed by atoms with E-state index in [0.29, 0.717) is 6.20 Å². The van der Waals surface area contributed by atoms with Gasteiger partial charge in [0.25, 0.3) is 0 Å². The second-order valence-electron chi connectivity index (χ2n) is 4.75. The second kappa shape index (κ2) is 5.50. The van der Waals surface area contributed by atoms with Gasteiger partial charge in [0.05, 0.1) is 19.3 Å². The predicted molar refractivity (Wildman–Crippen MR) is 67.7 cm³/mol. The summed E-state index contributed by atoms with van der Waals surface area (Å²) in [5.74, 6) is -4.80. The molecular formula is C10H12F2N6O4. The minimum absolute atomic E-state index is 0.191. The molecule has 4 N–H and O–H groups in total. The Kier molecular flexibility index (Phi) is 4.02. The van der Waals surface area contributed by atoms with Crippen molar-refractivity contribution in [2.45, 2.75) is 17.5 Å². The third-order valence-electron chi connectivity index (χ3n) is 3.46. The molecule has 1 aliphatic rings. The fourth-order valence-corrected chi connectivity index (χ4v) is 2.18. The molecule has 0 amide bonds. The first-order valence-electron chi connectivity index (χ1n) is 5.98. The fraction of sp³-hybridized carbons (Fsp3) is 0.600. The van der Waals surface area contributed by atoms with E-state index < -0.39 is 54.6 Å². The van der Waals surface area contributed by atoms with E-state index in [1.807, 2.05) is 0 Å². The molecule has 10 nitrogen and oxygen atoms in total. The summed E-state index contributed by atoms with van der Waals surface area (Å²) in [6.45, 7) is -2.37. The number of hydrogen-bond donors (Lipinski definition) is 3. The first-order chi connectivity index (χ1) is 10.3. The molecule has 2 rings (SSSR count). The number of nitrogen functional groups attached to an aromatic ring is 1. The van der Waals surface area contributed by atoms with Crippen molar-refractivity contribution in [2.24, 2.45) is 5.11 Å². The van der Waals surface area contributed by atoms with Crippen LogP contribution in [0.15, 0.2) is 16.1 Å². The molecule has 12 heteroatoms. The lowest BCUT2D eigenvalue weighted by Gasteiger charge is -2.31. The molecule has 0 unspecified atom stereocenters. The van der Waals surface area contributed by atoms with Gasteiger partial charge in [0, 0.05) is 4.91 Å². The van der Waals surface area contributed by atoms with Crippen molar-refractivity contribution in [3.8, 4) is 0 Å². The zero-order valence-corrected chi connectivity index (χ0v) is 11.1. The Bertz CT molecular complexity index is 692. The summed E-state index contributed by atoms with van der Waals surface area (Å²) in [6.07, 6.45) is -1.67. The zero-order chi connectivity index (χ0) is 16.5. The van der Waals surface area contributed by atoms with Crippen LogP contribution in [-0.4, -0.2) is 51.2 Å². The van der Waals surface area contributed by atoms with Gasteiger partial charge in [-0.15, -0.1) is 0 Å². The minimum Gasteiger partial charge on any atom is -0.393 e. The molecule has 3 atom stereocenters. The van der Waals surface area contributed by atoms with Gasteiger partial charge in [0.15, 0.2) is 11.6 Å². The molecule has 120 valence electrons.